The third-order valence-corrected chi connectivity index (χ3v) is 7.11. The van der Waals surface area contributed by atoms with E-state index in [0.717, 1.165) is 34.5 Å². The minimum absolute atomic E-state index is 0.0313. The Balaban J connectivity index is 1.97. The standard InChI is InChI=1S/C17H22N4O2S2/c1-8(2)13(14(22)21-17(18)23)25-16-12-10-5-4-9(3)6-11(10)24-15(12)19-7-20-16/h7-9,13H,4-6H2,1-3H3,(H3,18,21,22,23)/t9-,13-/m1/s1. The molecule has 0 spiro atoms. The molecule has 2 heterocycles. The van der Waals surface area contributed by atoms with Crippen molar-refractivity contribution in [2.75, 3.05) is 0 Å². The third kappa shape index (κ3) is 3.79. The lowest BCUT2D eigenvalue weighted by Crippen LogP contribution is -2.42. The number of thioether (sulfide) groups is 1. The summed E-state index contributed by atoms with van der Waals surface area (Å²) in [7, 11) is 0. The van der Waals surface area contributed by atoms with Crippen molar-refractivity contribution in [3.63, 3.8) is 0 Å². The number of imide groups is 1. The Kier molecular flexibility index (Phi) is 5.29. The fourth-order valence-corrected chi connectivity index (χ4v) is 5.68. The number of fused-ring (bicyclic) bond motifs is 3. The summed E-state index contributed by atoms with van der Waals surface area (Å²) in [6.07, 6.45) is 4.82. The molecule has 0 bridgehead atoms. The van der Waals surface area contributed by atoms with Crippen molar-refractivity contribution in [3.8, 4) is 0 Å². The highest BCUT2D eigenvalue weighted by atomic mass is 32.2. The zero-order valence-corrected chi connectivity index (χ0v) is 16.2. The molecule has 25 heavy (non-hydrogen) atoms. The first-order chi connectivity index (χ1) is 11.9. The van der Waals surface area contributed by atoms with Gasteiger partial charge in [0.25, 0.3) is 0 Å². The molecule has 1 aliphatic carbocycles. The van der Waals surface area contributed by atoms with Gasteiger partial charge in [0.1, 0.15) is 16.2 Å². The summed E-state index contributed by atoms with van der Waals surface area (Å²) in [5.74, 6) is 0.343. The first-order valence-electron chi connectivity index (χ1n) is 8.39. The van der Waals surface area contributed by atoms with E-state index in [4.69, 9.17) is 5.73 Å². The second kappa shape index (κ2) is 7.29. The van der Waals surface area contributed by atoms with Gasteiger partial charge in [-0.25, -0.2) is 14.8 Å². The first-order valence-corrected chi connectivity index (χ1v) is 10.1. The van der Waals surface area contributed by atoms with E-state index in [-0.39, 0.29) is 11.8 Å². The van der Waals surface area contributed by atoms with E-state index >= 15 is 0 Å². The first kappa shape index (κ1) is 18.1. The number of hydrogen-bond acceptors (Lipinski definition) is 6. The fourth-order valence-electron chi connectivity index (χ4n) is 3.14. The molecule has 0 saturated carbocycles. The highest BCUT2D eigenvalue weighted by molar-refractivity contribution is 8.00. The van der Waals surface area contributed by atoms with Crippen LogP contribution in [0.25, 0.3) is 10.2 Å². The molecule has 0 aromatic carbocycles. The van der Waals surface area contributed by atoms with E-state index in [2.05, 4.69) is 22.2 Å². The van der Waals surface area contributed by atoms with Crippen molar-refractivity contribution in [2.45, 2.75) is 50.3 Å². The van der Waals surface area contributed by atoms with Crippen LogP contribution < -0.4 is 11.1 Å². The van der Waals surface area contributed by atoms with E-state index in [0.29, 0.717) is 5.92 Å². The van der Waals surface area contributed by atoms with E-state index in [1.165, 1.54) is 22.2 Å². The van der Waals surface area contributed by atoms with Gasteiger partial charge in [-0.15, -0.1) is 11.3 Å². The molecule has 6 nitrogen and oxygen atoms in total. The highest BCUT2D eigenvalue weighted by Gasteiger charge is 2.28. The number of thiophene rings is 1. The van der Waals surface area contributed by atoms with Gasteiger partial charge >= 0.3 is 6.03 Å². The molecule has 3 rings (SSSR count). The molecule has 2 aromatic heterocycles. The number of carbonyl (C=O) groups is 2. The molecule has 3 amide bonds. The van der Waals surface area contributed by atoms with Crippen LogP contribution in [0.15, 0.2) is 11.4 Å². The quantitative estimate of drug-likeness (QED) is 0.629. The molecule has 0 aliphatic heterocycles. The number of urea groups is 1. The average molecular weight is 379 g/mol. The zero-order chi connectivity index (χ0) is 18.1. The number of primary amides is 1. The van der Waals surface area contributed by atoms with Gasteiger partial charge in [-0.3, -0.25) is 10.1 Å². The second-order valence-corrected chi connectivity index (χ2v) is 9.06. The number of aryl methyl sites for hydroxylation is 1. The predicted molar refractivity (Wildman–Crippen MR) is 101 cm³/mol. The van der Waals surface area contributed by atoms with Gasteiger partial charge in [-0.2, -0.15) is 0 Å². The number of hydrogen-bond donors (Lipinski definition) is 2. The highest BCUT2D eigenvalue weighted by Crippen LogP contribution is 2.42. The minimum Gasteiger partial charge on any atom is -0.351 e. The number of aromatic nitrogens is 2. The van der Waals surface area contributed by atoms with Crippen molar-refractivity contribution >= 4 is 45.3 Å². The Hall–Kier alpha value is -1.67. The molecular formula is C17H22N4O2S2. The molecule has 0 unspecified atom stereocenters. The topological polar surface area (TPSA) is 98.0 Å². The average Bonchev–Trinajstić information content (AvgIpc) is 2.89. The number of nitrogens with zero attached hydrogens (tertiary/aromatic N) is 2. The van der Waals surface area contributed by atoms with Crippen LogP contribution >= 0.6 is 23.1 Å². The van der Waals surface area contributed by atoms with Gasteiger partial charge in [-0.1, -0.05) is 32.5 Å². The Morgan fingerprint density at radius 1 is 1.40 bits per heavy atom. The second-order valence-electron chi connectivity index (χ2n) is 6.85. The number of carbonyl (C=O) groups excluding carboxylic acids is 2. The zero-order valence-electron chi connectivity index (χ0n) is 14.5. The monoisotopic (exact) mass is 378 g/mol. The smallest absolute Gasteiger partial charge is 0.318 e. The molecule has 8 heteroatoms. The van der Waals surface area contributed by atoms with Gasteiger partial charge in [0.05, 0.1) is 5.25 Å². The number of nitrogens with one attached hydrogen (secondary N) is 1. The molecule has 1 aliphatic rings. The minimum atomic E-state index is -0.828. The van der Waals surface area contributed by atoms with Crippen molar-refractivity contribution in [1.29, 1.82) is 0 Å². The van der Waals surface area contributed by atoms with E-state index in [9.17, 15) is 9.59 Å². The summed E-state index contributed by atoms with van der Waals surface area (Å²) in [6.45, 7) is 6.17. The Labute approximate surface area is 155 Å². The SMILES string of the molecule is CC(C)[C@@H](Sc1ncnc2sc3c(c12)CC[C@@H](C)C3)C(=O)NC(N)=O. The number of rotatable bonds is 4. The molecule has 134 valence electrons. The van der Waals surface area contributed by atoms with Gasteiger partial charge in [0.15, 0.2) is 0 Å². The van der Waals surface area contributed by atoms with Crippen LogP contribution in [-0.4, -0.2) is 27.2 Å². The maximum atomic E-state index is 12.3. The van der Waals surface area contributed by atoms with Crippen LogP contribution in [0.1, 0.15) is 37.6 Å². The summed E-state index contributed by atoms with van der Waals surface area (Å²) in [5.41, 5.74) is 6.43. The van der Waals surface area contributed by atoms with Crippen LogP contribution in [0.3, 0.4) is 0 Å². The Bertz CT molecular complexity index is 818. The third-order valence-electron chi connectivity index (χ3n) is 4.41. The van der Waals surface area contributed by atoms with Gasteiger partial charge in [0, 0.05) is 10.3 Å². The molecule has 0 fully saturated rings. The maximum Gasteiger partial charge on any atom is 0.318 e. The number of nitrogens with two attached hydrogens (primary N) is 1. The Morgan fingerprint density at radius 2 is 2.16 bits per heavy atom. The summed E-state index contributed by atoms with van der Waals surface area (Å²) in [6, 6.07) is -0.828. The lowest BCUT2D eigenvalue weighted by molar-refractivity contribution is -0.120. The Morgan fingerprint density at radius 3 is 2.84 bits per heavy atom. The van der Waals surface area contributed by atoms with Crippen LogP contribution in [0.2, 0.25) is 0 Å². The summed E-state index contributed by atoms with van der Waals surface area (Å²) >= 11 is 3.12. The van der Waals surface area contributed by atoms with Crippen LogP contribution in [0, 0.1) is 11.8 Å². The number of amides is 3. The van der Waals surface area contributed by atoms with E-state index in [1.807, 2.05) is 13.8 Å². The van der Waals surface area contributed by atoms with Gasteiger partial charge < -0.3 is 5.73 Å². The van der Waals surface area contributed by atoms with Crippen LogP contribution in [0.5, 0.6) is 0 Å². The van der Waals surface area contributed by atoms with E-state index < -0.39 is 11.3 Å². The molecule has 2 aromatic rings. The molecule has 0 saturated heterocycles. The van der Waals surface area contributed by atoms with Crippen molar-refractivity contribution in [3.05, 3.63) is 16.8 Å². The summed E-state index contributed by atoms with van der Waals surface area (Å²) in [4.78, 5) is 34.6. The normalized spacial score (nSPS) is 18.2. The molecule has 2 atom stereocenters. The van der Waals surface area contributed by atoms with Crippen molar-refractivity contribution in [2.24, 2.45) is 17.6 Å². The van der Waals surface area contributed by atoms with Crippen molar-refractivity contribution in [1.82, 2.24) is 15.3 Å². The maximum absolute atomic E-state index is 12.3. The lowest BCUT2D eigenvalue weighted by atomic mass is 9.89. The fraction of sp³-hybridized carbons (Fsp3) is 0.529. The molecular weight excluding hydrogens is 356 g/mol. The molecule has 0 radical (unpaired) electrons. The largest absolute Gasteiger partial charge is 0.351 e. The van der Waals surface area contributed by atoms with Crippen LogP contribution in [0.4, 0.5) is 4.79 Å². The molecule has 3 N–H and O–H groups in total. The predicted octanol–water partition coefficient (Wildman–Crippen LogP) is 3.13. The lowest BCUT2D eigenvalue weighted by Gasteiger charge is -2.20. The van der Waals surface area contributed by atoms with E-state index in [1.54, 1.807) is 17.7 Å². The summed E-state index contributed by atoms with van der Waals surface area (Å²) < 4.78 is 0. The summed E-state index contributed by atoms with van der Waals surface area (Å²) in [5, 5.41) is 3.65. The van der Waals surface area contributed by atoms with Crippen LogP contribution in [-0.2, 0) is 17.6 Å². The van der Waals surface area contributed by atoms with Crippen molar-refractivity contribution < 1.29 is 9.59 Å². The van der Waals surface area contributed by atoms with Gasteiger partial charge in [-0.05, 0) is 36.7 Å². The van der Waals surface area contributed by atoms with Gasteiger partial charge in [0.2, 0.25) is 5.91 Å².